The maximum absolute atomic E-state index is 13.5. The quantitative estimate of drug-likeness (QED) is 0.499. The van der Waals surface area contributed by atoms with Gasteiger partial charge in [0.1, 0.15) is 0 Å². The number of carbonyl (C=O) groups is 1. The Bertz CT molecular complexity index is 746. The molecule has 1 saturated carbocycles. The number of nitrogens with zero attached hydrogens (tertiary/aromatic N) is 2. The summed E-state index contributed by atoms with van der Waals surface area (Å²) in [7, 11) is 0. The SMILES string of the molecule is CC1CCC[C@H](C)N1CCCCCN1C(=O)C(CC2CCCC(N)C2)Sc2ccccc21. The Morgan fingerprint density at radius 3 is 2.47 bits per heavy atom. The summed E-state index contributed by atoms with van der Waals surface area (Å²) in [6.07, 6.45) is 13.2. The van der Waals surface area contributed by atoms with Gasteiger partial charge in [-0.1, -0.05) is 37.8 Å². The Hall–Kier alpha value is -1.04. The molecule has 5 atom stereocenters. The smallest absolute Gasteiger partial charge is 0.240 e. The molecule has 1 aromatic rings. The second-order valence-corrected chi connectivity index (χ2v) is 11.8. The van der Waals surface area contributed by atoms with E-state index in [-0.39, 0.29) is 5.25 Å². The van der Waals surface area contributed by atoms with Crippen LogP contribution in [-0.4, -0.2) is 47.3 Å². The van der Waals surface area contributed by atoms with Crippen molar-refractivity contribution in [2.24, 2.45) is 11.7 Å². The van der Waals surface area contributed by atoms with E-state index < -0.39 is 0 Å². The summed E-state index contributed by atoms with van der Waals surface area (Å²) in [5.74, 6) is 0.923. The maximum Gasteiger partial charge on any atom is 0.240 e. The minimum absolute atomic E-state index is 0.0512. The Balaban J connectivity index is 1.31. The Morgan fingerprint density at radius 2 is 1.69 bits per heavy atom. The number of rotatable bonds is 8. The van der Waals surface area contributed by atoms with Gasteiger partial charge in [0, 0.05) is 29.6 Å². The monoisotopic (exact) mass is 457 g/mol. The van der Waals surface area contributed by atoms with Crippen molar-refractivity contribution >= 4 is 23.4 Å². The van der Waals surface area contributed by atoms with Crippen molar-refractivity contribution in [1.29, 1.82) is 0 Å². The minimum Gasteiger partial charge on any atom is -0.328 e. The first kappa shape index (κ1) is 24.1. The van der Waals surface area contributed by atoms with Crippen LogP contribution < -0.4 is 10.6 Å². The van der Waals surface area contributed by atoms with E-state index >= 15 is 0 Å². The molecule has 0 spiro atoms. The zero-order valence-electron chi connectivity index (χ0n) is 20.2. The fourth-order valence-corrected chi connectivity index (χ4v) is 7.52. The number of nitrogens with two attached hydrogens (primary N) is 1. The van der Waals surface area contributed by atoms with E-state index in [9.17, 15) is 4.79 Å². The number of thioether (sulfide) groups is 1. The third-order valence-electron chi connectivity index (χ3n) is 8.01. The van der Waals surface area contributed by atoms with Crippen LogP contribution >= 0.6 is 11.8 Å². The van der Waals surface area contributed by atoms with Crippen molar-refractivity contribution in [3.8, 4) is 0 Å². The van der Waals surface area contributed by atoms with Gasteiger partial charge in [0.15, 0.2) is 0 Å². The van der Waals surface area contributed by atoms with Crippen molar-refractivity contribution in [2.75, 3.05) is 18.0 Å². The molecule has 0 bridgehead atoms. The molecule has 1 amide bonds. The number of carbonyl (C=O) groups excluding carboxylic acids is 1. The van der Waals surface area contributed by atoms with Crippen molar-refractivity contribution < 1.29 is 4.79 Å². The Morgan fingerprint density at radius 1 is 0.969 bits per heavy atom. The molecule has 2 heterocycles. The molecule has 2 N–H and O–H groups in total. The summed E-state index contributed by atoms with van der Waals surface area (Å²) in [5, 5.41) is 0.0512. The standard InChI is InChI=1S/C27H43N3OS/c1-20-10-8-11-21(2)29(20)16-6-3-7-17-30-24-14-4-5-15-25(24)32-26(27(30)31)19-22-12-9-13-23(28)18-22/h4-5,14-15,20-23,26H,3,6-13,16-19,28H2,1-2H3/t20-,21?,22?,23?,26?/m0/s1. The molecule has 32 heavy (non-hydrogen) atoms. The van der Waals surface area contributed by atoms with E-state index in [1.807, 2.05) is 0 Å². The first-order valence-electron chi connectivity index (χ1n) is 13.1. The van der Waals surface area contributed by atoms with Gasteiger partial charge >= 0.3 is 0 Å². The third kappa shape index (κ3) is 5.90. The van der Waals surface area contributed by atoms with Crippen LogP contribution in [0.15, 0.2) is 29.2 Å². The normalized spacial score (nSPS) is 31.5. The van der Waals surface area contributed by atoms with Gasteiger partial charge in [0.25, 0.3) is 0 Å². The lowest BCUT2D eigenvalue weighted by atomic mass is 9.83. The van der Waals surface area contributed by atoms with Crippen molar-refractivity contribution in [2.45, 2.75) is 113 Å². The first-order chi connectivity index (χ1) is 15.5. The second-order valence-electron chi connectivity index (χ2n) is 10.5. The molecule has 1 saturated heterocycles. The van der Waals surface area contributed by atoms with Gasteiger partial charge in [-0.3, -0.25) is 9.69 Å². The predicted molar refractivity (Wildman–Crippen MR) is 136 cm³/mol. The molecule has 178 valence electrons. The Labute approximate surface area is 199 Å². The lowest BCUT2D eigenvalue weighted by molar-refractivity contribution is -0.118. The number of benzene rings is 1. The fourth-order valence-electron chi connectivity index (χ4n) is 6.16. The molecule has 0 aromatic heterocycles. The van der Waals surface area contributed by atoms with Crippen LogP contribution in [0.3, 0.4) is 0 Å². The maximum atomic E-state index is 13.5. The van der Waals surface area contributed by atoms with E-state index in [4.69, 9.17) is 5.73 Å². The number of para-hydroxylation sites is 1. The molecule has 2 fully saturated rings. The van der Waals surface area contributed by atoms with Gasteiger partial charge < -0.3 is 10.6 Å². The molecule has 4 nitrogen and oxygen atoms in total. The Kier molecular flexibility index (Phi) is 8.58. The number of anilines is 1. The third-order valence-corrected chi connectivity index (χ3v) is 9.29. The van der Waals surface area contributed by atoms with Crippen LogP contribution in [0, 0.1) is 5.92 Å². The van der Waals surface area contributed by atoms with Crippen LogP contribution in [0.1, 0.15) is 84.5 Å². The highest BCUT2D eigenvalue weighted by atomic mass is 32.2. The zero-order chi connectivity index (χ0) is 22.5. The van der Waals surface area contributed by atoms with Crippen molar-refractivity contribution in [1.82, 2.24) is 4.90 Å². The van der Waals surface area contributed by atoms with E-state index in [1.165, 1.54) is 56.4 Å². The number of hydrogen-bond donors (Lipinski definition) is 1. The second kappa shape index (κ2) is 11.4. The highest BCUT2D eigenvalue weighted by Crippen LogP contribution is 2.42. The molecule has 0 radical (unpaired) electrons. The van der Waals surface area contributed by atoms with Gasteiger partial charge in [0.2, 0.25) is 5.91 Å². The van der Waals surface area contributed by atoms with E-state index in [0.717, 1.165) is 50.0 Å². The number of amides is 1. The van der Waals surface area contributed by atoms with Gasteiger partial charge in [-0.2, -0.15) is 0 Å². The van der Waals surface area contributed by atoms with Gasteiger partial charge in [-0.25, -0.2) is 0 Å². The first-order valence-corrected chi connectivity index (χ1v) is 14.0. The summed E-state index contributed by atoms with van der Waals surface area (Å²) in [6, 6.07) is 10.3. The summed E-state index contributed by atoms with van der Waals surface area (Å²) >= 11 is 1.79. The minimum atomic E-state index is 0.0512. The topological polar surface area (TPSA) is 49.6 Å². The molecule has 4 unspecified atom stereocenters. The van der Waals surface area contributed by atoms with Crippen LogP contribution in [0.2, 0.25) is 0 Å². The van der Waals surface area contributed by atoms with Crippen LogP contribution in [0.25, 0.3) is 0 Å². The number of unbranched alkanes of at least 4 members (excludes halogenated alkanes) is 2. The van der Waals surface area contributed by atoms with E-state index in [1.54, 1.807) is 11.8 Å². The molecule has 1 aromatic carbocycles. The van der Waals surface area contributed by atoms with Gasteiger partial charge in [0.05, 0.1) is 10.9 Å². The van der Waals surface area contributed by atoms with E-state index in [2.05, 4.69) is 47.9 Å². The zero-order valence-corrected chi connectivity index (χ0v) is 21.0. The molecule has 1 aliphatic carbocycles. The lowest BCUT2D eigenvalue weighted by Gasteiger charge is -2.39. The molecular weight excluding hydrogens is 414 g/mol. The molecule has 2 aliphatic heterocycles. The van der Waals surface area contributed by atoms with Crippen molar-refractivity contribution in [3.05, 3.63) is 24.3 Å². The van der Waals surface area contributed by atoms with Crippen LogP contribution in [0.4, 0.5) is 5.69 Å². The molecular formula is C27H43N3OS. The van der Waals surface area contributed by atoms with Crippen LogP contribution in [0.5, 0.6) is 0 Å². The average molecular weight is 458 g/mol. The predicted octanol–water partition coefficient (Wildman–Crippen LogP) is 5.83. The van der Waals surface area contributed by atoms with Crippen LogP contribution in [-0.2, 0) is 4.79 Å². The number of piperidine rings is 1. The highest BCUT2D eigenvalue weighted by molar-refractivity contribution is 8.01. The van der Waals surface area contributed by atoms with E-state index in [0.29, 0.717) is 17.9 Å². The summed E-state index contributed by atoms with van der Waals surface area (Å²) in [5.41, 5.74) is 7.35. The summed E-state index contributed by atoms with van der Waals surface area (Å²) < 4.78 is 0. The fraction of sp³-hybridized carbons (Fsp3) is 0.741. The highest BCUT2D eigenvalue weighted by Gasteiger charge is 2.35. The van der Waals surface area contributed by atoms with Crippen molar-refractivity contribution in [3.63, 3.8) is 0 Å². The summed E-state index contributed by atoms with van der Waals surface area (Å²) in [6.45, 7) is 6.82. The average Bonchev–Trinajstić information content (AvgIpc) is 2.77. The van der Waals surface area contributed by atoms with Gasteiger partial charge in [-0.05, 0) is 83.4 Å². The molecule has 3 aliphatic rings. The molecule has 5 heteroatoms. The largest absolute Gasteiger partial charge is 0.328 e. The number of likely N-dealkylation sites (tertiary alicyclic amines) is 1. The molecule has 4 rings (SSSR count). The summed E-state index contributed by atoms with van der Waals surface area (Å²) in [4.78, 5) is 19.6. The number of fused-ring (bicyclic) bond motifs is 1. The lowest BCUT2D eigenvalue weighted by Crippen LogP contribution is -2.44. The van der Waals surface area contributed by atoms with Gasteiger partial charge in [-0.15, -0.1) is 11.8 Å². The number of hydrogen-bond acceptors (Lipinski definition) is 4.